The number of benzene rings is 6. The van der Waals surface area contributed by atoms with Crippen LogP contribution in [0.25, 0.3) is 81.9 Å². The Morgan fingerprint density at radius 1 is 0.417 bits per heavy atom. The zero-order chi connectivity index (χ0) is 23.4. The van der Waals surface area contributed by atoms with Gasteiger partial charge in [0.2, 0.25) is 0 Å². The van der Waals surface area contributed by atoms with Gasteiger partial charge in [-0.25, -0.2) is 0 Å². The lowest BCUT2D eigenvalue weighted by molar-refractivity contribution is 0.669. The normalized spacial score (nSPS) is 12.4. The van der Waals surface area contributed by atoms with Crippen molar-refractivity contribution in [3.63, 3.8) is 0 Å². The van der Waals surface area contributed by atoms with Crippen molar-refractivity contribution >= 4 is 70.8 Å². The first kappa shape index (κ1) is 18.5. The van der Waals surface area contributed by atoms with Crippen LogP contribution in [0.1, 0.15) is 0 Å². The Hall–Kier alpha value is -4.82. The second kappa shape index (κ2) is 6.44. The van der Waals surface area contributed by atoms with Gasteiger partial charge in [-0.1, -0.05) is 72.8 Å². The van der Waals surface area contributed by atoms with E-state index in [1.807, 2.05) is 12.1 Å². The topological polar surface area (TPSA) is 17.6 Å². The van der Waals surface area contributed by atoms with Crippen molar-refractivity contribution < 1.29 is 4.42 Å². The standard InChI is InChI=1S/C34H19NO/c1-3-10-30-24(6-1)26-8-5-9-27-28-17-21(14-15-31(28)35(30)34(26)27)20-12-13-22-19-33-29(18-23(22)16-20)25-7-2-4-11-32(25)36-33/h1-19H. The fraction of sp³-hybridized carbons (Fsp3) is 0. The number of rotatable bonds is 1. The minimum absolute atomic E-state index is 0.937. The van der Waals surface area contributed by atoms with E-state index in [0.29, 0.717) is 0 Å². The van der Waals surface area contributed by atoms with Crippen LogP contribution >= 0.6 is 0 Å². The maximum absolute atomic E-state index is 6.10. The molecule has 0 atom stereocenters. The molecule has 36 heavy (non-hydrogen) atoms. The van der Waals surface area contributed by atoms with Crippen molar-refractivity contribution in [1.82, 2.24) is 4.40 Å². The van der Waals surface area contributed by atoms with E-state index < -0.39 is 0 Å². The molecule has 0 spiro atoms. The van der Waals surface area contributed by atoms with Crippen LogP contribution in [-0.2, 0) is 0 Å². The summed E-state index contributed by atoms with van der Waals surface area (Å²) in [6, 6.07) is 41.8. The van der Waals surface area contributed by atoms with Gasteiger partial charge in [-0.05, 0) is 64.4 Å². The first-order valence-electron chi connectivity index (χ1n) is 12.4. The average molecular weight is 458 g/mol. The summed E-state index contributed by atoms with van der Waals surface area (Å²) >= 11 is 0. The Balaban J connectivity index is 1.30. The van der Waals surface area contributed by atoms with E-state index in [9.17, 15) is 0 Å². The Morgan fingerprint density at radius 3 is 2.08 bits per heavy atom. The summed E-state index contributed by atoms with van der Waals surface area (Å²) in [6.45, 7) is 0. The molecule has 0 amide bonds. The Morgan fingerprint density at radius 2 is 1.14 bits per heavy atom. The molecule has 3 heterocycles. The van der Waals surface area contributed by atoms with E-state index in [-0.39, 0.29) is 0 Å². The van der Waals surface area contributed by atoms with Crippen LogP contribution in [0, 0.1) is 0 Å². The van der Waals surface area contributed by atoms with Gasteiger partial charge in [0.15, 0.2) is 0 Å². The average Bonchev–Trinajstić information content (AvgIpc) is 3.57. The Labute approximate surface area is 205 Å². The fourth-order valence-electron chi connectivity index (χ4n) is 6.26. The fourth-order valence-corrected chi connectivity index (χ4v) is 6.26. The number of furan rings is 1. The van der Waals surface area contributed by atoms with Crippen molar-refractivity contribution in [2.75, 3.05) is 0 Å². The molecule has 0 radical (unpaired) electrons. The molecule has 0 bridgehead atoms. The zero-order valence-corrected chi connectivity index (χ0v) is 19.3. The smallest absolute Gasteiger partial charge is 0.136 e. The lowest BCUT2D eigenvalue weighted by Crippen LogP contribution is -1.82. The number of fused-ring (bicyclic) bond motifs is 10. The van der Waals surface area contributed by atoms with E-state index in [0.717, 1.165) is 11.2 Å². The molecule has 0 saturated carbocycles. The maximum atomic E-state index is 6.10. The molecular formula is C34H19NO. The molecule has 9 aromatic rings. The van der Waals surface area contributed by atoms with Gasteiger partial charge < -0.3 is 8.82 Å². The van der Waals surface area contributed by atoms with Crippen molar-refractivity contribution in [3.8, 4) is 11.1 Å². The predicted molar refractivity (Wildman–Crippen MR) is 151 cm³/mol. The van der Waals surface area contributed by atoms with E-state index in [4.69, 9.17) is 4.42 Å². The van der Waals surface area contributed by atoms with E-state index in [1.54, 1.807) is 0 Å². The summed E-state index contributed by atoms with van der Waals surface area (Å²) in [5.74, 6) is 0. The summed E-state index contributed by atoms with van der Waals surface area (Å²) in [5, 5.41) is 10.0. The number of hydrogen-bond donors (Lipinski definition) is 0. The highest BCUT2D eigenvalue weighted by Crippen LogP contribution is 2.40. The number of para-hydroxylation sites is 3. The first-order chi connectivity index (χ1) is 17.8. The van der Waals surface area contributed by atoms with Gasteiger partial charge in [0, 0.05) is 32.3 Å². The molecule has 0 saturated heterocycles. The van der Waals surface area contributed by atoms with Gasteiger partial charge >= 0.3 is 0 Å². The highest BCUT2D eigenvalue weighted by molar-refractivity contribution is 6.23. The SMILES string of the molecule is c1ccc2c(c1)oc1cc3ccc(-c4ccc5c(c4)c4cccc6c7ccccc7n5c64)cc3cc12. The van der Waals surface area contributed by atoms with Crippen LogP contribution in [-0.4, -0.2) is 4.40 Å². The van der Waals surface area contributed by atoms with Crippen molar-refractivity contribution in [1.29, 1.82) is 0 Å². The van der Waals surface area contributed by atoms with Crippen LogP contribution in [0.15, 0.2) is 120 Å². The molecule has 0 fully saturated rings. The Kier molecular flexibility index (Phi) is 3.31. The summed E-state index contributed by atoms with van der Waals surface area (Å²) < 4.78 is 8.54. The predicted octanol–water partition coefficient (Wildman–Crippen LogP) is 9.56. The lowest BCUT2D eigenvalue weighted by Gasteiger charge is -2.06. The molecule has 0 unspecified atom stereocenters. The molecule has 6 aromatic carbocycles. The van der Waals surface area contributed by atoms with Crippen LogP contribution in [0.5, 0.6) is 0 Å². The van der Waals surface area contributed by atoms with Gasteiger partial charge in [0.05, 0.1) is 16.6 Å². The van der Waals surface area contributed by atoms with Gasteiger partial charge in [-0.15, -0.1) is 0 Å². The third-order valence-corrected chi connectivity index (χ3v) is 7.89. The molecule has 0 aliphatic carbocycles. The second-order valence-electron chi connectivity index (χ2n) is 9.79. The summed E-state index contributed by atoms with van der Waals surface area (Å²) in [5.41, 5.74) is 8.19. The molecule has 0 aliphatic rings. The van der Waals surface area contributed by atoms with Crippen LogP contribution in [0.2, 0.25) is 0 Å². The van der Waals surface area contributed by atoms with Crippen molar-refractivity contribution in [2.45, 2.75) is 0 Å². The molecule has 0 aliphatic heterocycles. The summed E-state index contributed by atoms with van der Waals surface area (Å²) in [4.78, 5) is 0. The third-order valence-electron chi connectivity index (χ3n) is 7.89. The summed E-state index contributed by atoms with van der Waals surface area (Å²) in [6.07, 6.45) is 0. The van der Waals surface area contributed by atoms with Crippen molar-refractivity contribution in [3.05, 3.63) is 115 Å². The highest BCUT2D eigenvalue weighted by atomic mass is 16.3. The summed E-state index contributed by atoms with van der Waals surface area (Å²) in [7, 11) is 0. The molecular weight excluding hydrogens is 438 g/mol. The van der Waals surface area contributed by atoms with Crippen LogP contribution in [0.3, 0.4) is 0 Å². The number of hydrogen-bond acceptors (Lipinski definition) is 1. The first-order valence-corrected chi connectivity index (χ1v) is 12.4. The molecule has 3 aromatic heterocycles. The largest absolute Gasteiger partial charge is 0.456 e. The minimum Gasteiger partial charge on any atom is -0.456 e. The Bertz CT molecular complexity index is 2310. The molecule has 166 valence electrons. The van der Waals surface area contributed by atoms with Gasteiger partial charge in [0.1, 0.15) is 11.2 Å². The van der Waals surface area contributed by atoms with Crippen molar-refractivity contribution in [2.24, 2.45) is 0 Å². The molecule has 2 nitrogen and oxygen atoms in total. The zero-order valence-electron chi connectivity index (χ0n) is 19.3. The molecule has 9 rings (SSSR count). The monoisotopic (exact) mass is 457 g/mol. The minimum atomic E-state index is 0.937. The quantitative estimate of drug-likeness (QED) is 0.240. The van der Waals surface area contributed by atoms with Crippen LogP contribution in [0.4, 0.5) is 0 Å². The van der Waals surface area contributed by atoms with Gasteiger partial charge in [-0.3, -0.25) is 0 Å². The second-order valence-corrected chi connectivity index (χ2v) is 9.79. The van der Waals surface area contributed by atoms with E-state index >= 15 is 0 Å². The third kappa shape index (κ3) is 2.26. The van der Waals surface area contributed by atoms with Gasteiger partial charge in [0.25, 0.3) is 0 Å². The lowest BCUT2D eigenvalue weighted by atomic mass is 9.98. The molecule has 0 N–H and O–H groups in total. The maximum Gasteiger partial charge on any atom is 0.136 e. The number of aromatic nitrogens is 1. The van der Waals surface area contributed by atoms with E-state index in [1.165, 1.54) is 70.8 Å². The van der Waals surface area contributed by atoms with E-state index in [2.05, 4.69) is 108 Å². The van der Waals surface area contributed by atoms with Crippen LogP contribution < -0.4 is 0 Å². The van der Waals surface area contributed by atoms with Gasteiger partial charge in [-0.2, -0.15) is 0 Å². The number of nitrogens with zero attached hydrogens (tertiary/aromatic N) is 1. The highest BCUT2D eigenvalue weighted by Gasteiger charge is 2.17. The molecule has 2 heteroatoms.